The van der Waals surface area contributed by atoms with Gasteiger partial charge in [-0.25, -0.2) is 0 Å². The minimum atomic E-state index is 0.730. The van der Waals surface area contributed by atoms with Crippen LogP contribution in [0, 0.1) is 6.92 Å². The van der Waals surface area contributed by atoms with E-state index in [1.807, 2.05) is 55.6 Å². The third-order valence-electron chi connectivity index (χ3n) is 3.95. The summed E-state index contributed by atoms with van der Waals surface area (Å²) < 4.78 is 2.23. The number of hydrogen-bond donors (Lipinski definition) is 1. The maximum atomic E-state index is 6.43. The third-order valence-corrected chi connectivity index (χ3v) is 4.54. The van der Waals surface area contributed by atoms with Crippen molar-refractivity contribution in [2.45, 2.75) is 13.5 Å². The zero-order valence-corrected chi connectivity index (χ0v) is 14.6. The lowest BCUT2D eigenvalue weighted by Crippen LogP contribution is -2.06. The van der Waals surface area contributed by atoms with Crippen molar-refractivity contribution in [3.05, 3.63) is 75.9 Å². The number of halogens is 2. The Morgan fingerprint density at radius 3 is 2.35 bits per heavy atom. The van der Waals surface area contributed by atoms with E-state index < -0.39 is 0 Å². The van der Waals surface area contributed by atoms with Gasteiger partial charge in [0.1, 0.15) is 0 Å². The largest absolute Gasteiger partial charge is 0.316 e. The average Bonchev–Trinajstić information content (AvgIpc) is 2.86. The molecule has 2 aromatic carbocycles. The van der Waals surface area contributed by atoms with Crippen LogP contribution in [0.1, 0.15) is 11.3 Å². The number of nitrogens with one attached hydrogen (secondary N) is 1. The summed E-state index contributed by atoms with van der Waals surface area (Å²) in [6, 6.07) is 18.0. The lowest BCUT2D eigenvalue weighted by atomic mass is 10.1. The maximum Gasteiger partial charge on any atom is 0.0549 e. The van der Waals surface area contributed by atoms with Crippen LogP contribution in [0.4, 0.5) is 0 Å². The summed E-state index contributed by atoms with van der Waals surface area (Å²) in [5.41, 5.74) is 5.62. The van der Waals surface area contributed by atoms with E-state index in [4.69, 9.17) is 23.2 Å². The minimum absolute atomic E-state index is 0.730. The van der Waals surface area contributed by atoms with E-state index in [1.54, 1.807) is 0 Å². The van der Waals surface area contributed by atoms with Crippen molar-refractivity contribution >= 4 is 23.2 Å². The van der Waals surface area contributed by atoms with Gasteiger partial charge in [0.05, 0.1) is 5.69 Å². The molecule has 0 spiro atoms. The third kappa shape index (κ3) is 3.16. The lowest BCUT2D eigenvalue weighted by Gasteiger charge is -2.13. The SMILES string of the molecule is CNCc1cc(-c2ccccc2Cl)n(-c2ccc(Cl)cc2)c1C. The highest BCUT2D eigenvalue weighted by Crippen LogP contribution is 2.33. The molecule has 0 saturated heterocycles. The predicted octanol–water partition coefficient (Wildman–Crippen LogP) is 5.48. The Kier molecular flexibility index (Phi) is 4.76. The van der Waals surface area contributed by atoms with Gasteiger partial charge in [0.15, 0.2) is 0 Å². The second kappa shape index (κ2) is 6.79. The highest BCUT2D eigenvalue weighted by Gasteiger charge is 2.16. The molecule has 0 fully saturated rings. The summed E-state index contributed by atoms with van der Waals surface area (Å²) in [4.78, 5) is 0. The number of benzene rings is 2. The van der Waals surface area contributed by atoms with Crippen molar-refractivity contribution in [2.24, 2.45) is 0 Å². The van der Waals surface area contributed by atoms with Gasteiger partial charge in [-0.15, -0.1) is 0 Å². The Morgan fingerprint density at radius 1 is 1.00 bits per heavy atom. The van der Waals surface area contributed by atoms with Crippen LogP contribution in [0.5, 0.6) is 0 Å². The lowest BCUT2D eigenvalue weighted by molar-refractivity contribution is 0.807. The molecule has 0 atom stereocenters. The molecular formula is C19H18Cl2N2. The second-order valence-electron chi connectivity index (χ2n) is 5.46. The molecule has 1 aromatic heterocycles. The van der Waals surface area contributed by atoms with Crippen LogP contribution in [0.25, 0.3) is 16.9 Å². The molecular weight excluding hydrogens is 327 g/mol. The first-order valence-corrected chi connectivity index (χ1v) is 8.24. The van der Waals surface area contributed by atoms with Crippen LogP contribution in [-0.4, -0.2) is 11.6 Å². The first kappa shape index (κ1) is 16.1. The van der Waals surface area contributed by atoms with Crippen molar-refractivity contribution in [1.82, 2.24) is 9.88 Å². The Bertz CT molecular complexity index is 820. The molecule has 1 heterocycles. The fourth-order valence-electron chi connectivity index (χ4n) is 2.82. The van der Waals surface area contributed by atoms with Gasteiger partial charge in [-0.2, -0.15) is 0 Å². The number of aromatic nitrogens is 1. The molecule has 3 aromatic rings. The predicted molar refractivity (Wildman–Crippen MR) is 98.7 cm³/mol. The summed E-state index contributed by atoms with van der Waals surface area (Å²) in [5, 5.41) is 4.70. The standard InChI is InChI=1S/C19H18Cl2N2/c1-13-14(12-22-2)11-19(17-5-3-4-6-18(17)21)23(13)16-9-7-15(20)8-10-16/h3-11,22H,12H2,1-2H3. The zero-order valence-electron chi connectivity index (χ0n) is 13.1. The van der Waals surface area contributed by atoms with Crippen LogP contribution in [-0.2, 0) is 6.54 Å². The molecule has 0 amide bonds. The normalized spacial score (nSPS) is 11.0. The molecule has 0 unspecified atom stereocenters. The Morgan fingerprint density at radius 2 is 1.70 bits per heavy atom. The van der Waals surface area contributed by atoms with Gasteiger partial charge < -0.3 is 9.88 Å². The average molecular weight is 345 g/mol. The van der Waals surface area contributed by atoms with Crippen molar-refractivity contribution in [3.8, 4) is 16.9 Å². The number of rotatable bonds is 4. The summed E-state index contributed by atoms with van der Waals surface area (Å²) in [5.74, 6) is 0. The molecule has 1 N–H and O–H groups in total. The zero-order chi connectivity index (χ0) is 16.4. The molecule has 2 nitrogen and oxygen atoms in total. The van der Waals surface area contributed by atoms with Crippen molar-refractivity contribution in [3.63, 3.8) is 0 Å². The van der Waals surface area contributed by atoms with Crippen LogP contribution in [0.15, 0.2) is 54.6 Å². The van der Waals surface area contributed by atoms with Crippen LogP contribution < -0.4 is 5.32 Å². The smallest absolute Gasteiger partial charge is 0.0549 e. The summed E-state index contributed by atoms with van der Waals surface area (Å²) in [6.45, 7) is 2.94. The summed E-state index contributed by atoms with van der Waals surface area (Å²) in [6.07, 6.45) is 0. The Balaban J connectivity index is 2.24. The first-order chi connectivity index (χ1) is 11.1. The van der Waals surface area contributed by atoms with Crippen LogP contribution in [0.3, 0.4) is 0 Å². The van der Waals surface area contributed by atoms with Crippen LogP contribution in [0.2, 0.25) is 10.0 Å². The molecule has 118 valence electrons. The van der Waals surface area contributed by atoms with Gasteiger partial charge in [-0.3, -0.25) is 0 Å². The molecule has 23 heavy (non-hydrogen) atoms. The van der Waals surface area contributed by atoms with Gasteiger partial charge >= 0.3 is 0 Å². The molecule has 0 saturated carbocycles. The second-order valence-corrected chi connectivity index (χ2v) is 6.31. The van der Waals surface area contributed by atoms with E-state index in [1.165, 1.54) is 11.3 Å². The number of nitrogens with zero attached hydrogens (tertiary/aromatic N) is 1. The molecule has 0 aliphatic carbocycles. The molecule has 0 radical (unpaired) electrons. The van der Waals surface area contributed by atoms with Gasteiger partial charge in [0.2, 0.25) is 0 Å². The van der Waals surface area contributed by atoms with E-state index >= 15 is 0 Å². The highest BCUT2D eigenvalue weighted by molar-refractivity contribution is 6.33. The molecule has 4 heteroatoms. The van der Waals surface area contributed by atoms with Gasteiger partial charge in [-0.05, 0) is 55.9 Å². The van der Waals surface area contributed by atoms with E-state index in [9.17, 15) is 0 Å². The maximum absolute atomic E-state index is 6.43. The molecule has 0 aliphatic heterocycles. The fraction of sp³-hybridized carbons (Fsp3) is 0.158. The van der Waals surface area contributed by atoms with E-state index in [0.717, 1.165) is 33.5 Å². The minimum Gasteiger partial charge on any atom is -0.316 e. The van der Waals surface area contributed by atoms with E-state index in [0.29, 0.717) is 0 Å². The van der Waals surface area contributed by atoms with Gasteiger partial charge in [-0.1, -0.05) is 41.4 Å². The van der Waals surface area contributed by atoms with Crippen molar-refractivity contribution in [2.75, 3.05) is 7.05 Å². The van der Waals surface area contributed by atoms with E-state index in [-0.39, 0.29) is 0 Å². The van der Waals surface area contributed by atoms with E-state index in [2.05, 4.69) is 22.9 Å². The highest BCUT2D eigenvalue weighted by atomic mass is 35.5. The monoisotopic (exact) mass is 344 g/mol. The topological polar surface area (TPSA) is 17.0 Å². The van der Waals surface area contributed by atoms with Crippen molar-refractivity contribution < 1.29 is 0 Å². The quantitative estimate of drug-likeness (QED) is 0.663. The molecule has 0 bridgehead atoms. The molecule has 0 aliphatic rings. The Hall–Kier alpha value is -1.74. The number of hydrogen-bond acceptors (Lipinski definition) is 1. The summed E-state index contributed by atoms with van der Waals surface area (Å²) >= 11 is 12.5. The van der Waals surface area contributed by atoms with Crippen molar-refractivity contribution in [1.29, 1.82) is 0 Å². The first-order valence-electron chi connectivity index (χ1n) is 7.48. The van der Waals surface area contributed by atoms with Gasteiger partial charge in [0.25, 0.3) is 0 Å². The Labute approximate surface area is 146 Å². The molecule has 3 rings (SSSR count). The fourth-order valence-corrected chi connectivity index (χ4v) is 3.18. The summed E-state index contributed by atoms with van der Waals surface area (Å²) in [7, 11) is 1.95. The van der Waals surface area contributed by atoms with Crippen LogP contribution >= 0.6 is 23.2 Å². The van der Waals surface area contributed by atoms with Gasteiger partial charge in [0, 0.05) is 33.5 Å².